The van der Waals surface area contributed by atoms with Crippen LogP contribution in [-0.4, -0.2) is 20.8 Å². The summed E-state index contributed by atoms with van der Waals surface area (Å²) in [6.07, 6.45) is 1.46. The van der Waals surface area contributed by atoms with Crippen molar-refractivity contribution in [2.24, 2.45) is 7.05 Å². The molecule has 7 heteroatoms. The van der Waals surface area contributed by atoms with E-state index in [-0.39, 0.29) is 5.76 Å². The van der Waals surface area contributed by atoms with Gasteiger partial charge in [-0.1, -0.05) is 5.16 Å². The highest BCUT2D eigenvalue weighted by atomic mass is 16.5. The van der Waals surface area contributed by atoms with Crippen LogP contribution in [0, 0.1) is 6.92 Å². The Morgan fingerprint density at radius 1 is 1.62 bits per heavy atom. The molecular formula is C9H11N5O2. The van der Waals surface area contributed by atoms with Crippen molar-refractivity contribution in [2.45, 2.75) is 6.92 Å². The lowest BCUT2D eigenvalue weighted by molar-refractivity contribution is 0.0987. The van der Waals surface area contributed by atoms with Crippen molar-refractivity contribution < 1.29 is 9.32 Å². The first kappa shape index (κ1) is 10.2. The number of anilines is 2. The summed E-state index contributed by atoms with van der Waals surface area (Å²) in [6, 6.07) is 1.54. The van der Waals surface area contributed by atoms with Crippen LogP contribution in [-0.2, 0) is 7.05 Å². The minimum absolute atomic E-state index is 0.137. The SMILES string of the molecule is Cc1cc(C(=O)Nc2c(N)cnn2C)on1. The molecule has 0 aromatic carbocycles. The molecule has 84 valence electrons. The molecule has 0 saturated carbocycles. The normalized spacial score (nSPS) is 10.4. The first-order chi connectivity index (χ1) is 7.58. The Labute approximate surface area is 91.2 Å². The van der Waals surface area contributed by atoms with Crippen molar-refractivity contribution in [2.75, 3.05) is 11.1 Å². The second-order valence-corrected chi connectivity index (χ2v) is 3.36. The Morgan fingerprint density at radius 3 is 2.88 bits per heavy atom. The number of aromatic nitrogens is 3. The fourth-order valence-electron chi connectivity index (χ4n) is 1.25. The van der Waals surface area contributed by atoms with Crippen molar-refractivity contribution >= 4 is 17.4 Å². The van der Waals surface area contributed by atoms with E-state index in [4.69, 9.17) is 10.3 Å². The second kappa shape index (κ2) is 3.69. The van der Waals surface area contributed by atoms with Gasteiger partial charge in [0.25, 0.3) is 5.91 Å². The number of carbonyl (C=O) groups excluding carboxylic acids is 1. The molecule has 2 aromatic rings. The molecule has 0 fully saturated rings. The molecule has 1 amide bonds. The summed E-state index contributed by atoms with van der Waals surface area (Å²) in [7, 11) is 1.68. The zero-order valence-corrected chi connectivity index (χ0v) is 8.89. The zero-order chi connectivity index (χ0) is 11.7. The quantitative estimate of drug-likeness (QED) is 0.771. The number of hydrogen-bond donors (Lipinski definition) is 2. The van der Waals surface area contributed by atoms with E-state index < -0.39 is 5.91 Å². The van der Waals surface area contributed by atoms with Gasteiger partial charge in [0.15, 0.2) is 5.82 Å². The molecule has 0 radical (unpaired) electrons. The van der Waals surface area contributed by atoms with E-state index in [1.165, 1.54) is 10.9 Å². The van der Waals surface area contributed by atoms with Crippen LogP contribution in [0.3, 0.4) is 0 Å². The second-order valence-electron chi connectivity index (χ2n) is 3.36. The van der Waals surface area contributed by atoms with E-state index in [1.54, 1.807) is 20.0 Å². The molecule has 2 heterocycles. The third-order valence-corrected chi connectivity index (χ3v) is 2.05. The van der Waals surface area contributed by atoms with Gasteiger partial charge in [-0.05, 0) is 6.92 Å². The van der Waals surface area contributed by atoms with Crippen molar-refractivity contribution in [1.29, 1.82) is 0 Å². The molecule has 3 N–H and O–H groups in total. The summed E-state index contributed by atoms with van der Waals surface area (Å²) in [5.74, 6) is 0.160. The third kappa shape index (κ3) is 1.74. The fraction of sp³-hybridized carbons (Fsp3) is 0.222. The van der Waals surface area contributed by atoms with Gasteiger partial charge >= 0.3 is 0 Å². The topological polar surface area (TPSA) is 99.0 Å². The number of carbonyl (C=O) groups is 1. The summed E-state index contributed by atoms with van der Waals surface area (Å²) < 4.78 is 6.29. The molecule has 0 spiro atoms. The largest absolute Gasteiger partial charge is 0.394 e. The van der Waals surface area contributed by atoms with Crippen LogP contribution in [0.5, 0.6) is 0 Å². The van der Waals surface area contributed by atoms with Crippen molar-refractivity contribution in [3.63, 3.8) is 0 Å². The van der Waals surface area contributed by atoms with Crippen LogP contribution >= 0.6 is 0 Å². The minimum Gasteiger partial charge on any atom is -0.394 e. The van der Waals surface area contributed by atoms with Crippen LogP contribution in [0.1, 0.15) is 16.2 Å². The molecule has 0 aliphatic carbocycles. The first-order valence-corrected chi connectivity index (χ1v) is 4.60. The van der Waals surface area contributed by atoms with E-state index in [2.05, 4.69) is 15.6 Å². The van der Waals surface area contributed by atoms with Gasteiger partial charge in [-0.3, -0.25) is 9.48 Å². The number of nitrogens with one attached hydrogen (secondary N) is 1. The fourth-order valence-corrected chi connectivity index (χ4v) is 1.25. The van der Waals surface area contributed by atoms with Crippen molar-refractivity contribution in [3.8, 4) is 0 Å². The van der Waals surface area contributed by atoms with Gasteiger partial charge in [0.2, 0.25) is 5.76 Å². The molecule has 2 rings (SSSR count). The van der Waals surface area contributed by atoms with Crippen molar-refractivity contribution in [3.05, 3.63) is 23.7 Å². The maximum absolute atomic E-state index is 11.7. The highest BCUT2D eigenvalue weighted by Crippen LogP contribution is 2.17. The van der Waals surface area contributed by atoms with E-state index in [1.807, 2.05) is 0 Å². The number of hydrogen-bond acceptors (Lipinski definition) is 5. The zero-order valence-electron chi connectivity index (χ0n) is 8.89. The molecule has 0 atom stereocenters. The van der Waals surface area contributed by atoms with E-state index in [0.717, 1.165) is 0 Å². The minimum atomic E-state index is -0.407. The summed E-state index contributed by atoms with van der Waals surface area (Å²) in [5.41, 5.74) is 6.67. The highest BCUT2D eigenvalue weighted by Gasteiger charge is 2.15. The predicted octanol–water partition coefficient (Wildman–Crippen LogP) is 0.551. The molecule has 7 nitrogen and oxygen atoms in total. The molecule has 0 aliphatic rings. The van der Waals surface area contributed by atoms with Gasteiger partial charge < -0.3 is 15.6 Å². The summed E-state index contributed by atoms with van der Waals surface area (Å²) >= 11 is 0. The van der Waals surface area contributed by atoms with Crippen LogP contribution in [0.4, 0.5) is 11.5 Å². The van der Waals surface area contributed by atoms with Crippen LogP contribution in [0.2, 0.25) is 0 Å². The smallest absolute Gasteiger partial charge is 0.295 e. The molecular weight excluding hydrogens is 210 g/mol. The number of aryl methyl sites for hydroxylation is 2. The van der Waals surface area contributed by atoms with Gasteiger partial charge in [-0.25, -0.2) is 0 Å². The Bertz CT molecular complexity index is 508. The van der Waals surface area contributed by atoms with Gasteiger partial charge in [-0.15, -0.1) is 0 Å². The van der Waals surface area contributed by atoms with Gasteiger partial charge in [0.05, 0.1) is 17.6 Å². The van der Waals surface area contributed by atoms with Gasteiger partial charge in [0, 0.05) is 13.1 Å². The maximum Gasteiger partial charge on any atom is 0.295 e. The van der Waals surface area contributed by atoms with Crippen LogP contribution in [0.25, 0.3) is 0 Å². The number of nitrogens with two attached hydrogens (primary N) is 1. The average Bonchev–Trinajstić information content (AvgIpc) is 2.79. The highest BCUT2D eigenvalue weighted by molar-refractivity contribution is 6.03. The van der Waals surface area contributed by atoms with E-state index in [0.29, 0.717) is 17.2 Å². The molecule has 16 heavy (non-hydrogen) atoms. The first-order valence-electron chi connectivity index (χ1n) is 4.60. The summed E-state index contributed by atoms with van der Waals surface area (Å²) in [4.78, 5) is 11.7. The summed E-state index contributed by atoms with van der Waals surface area (Å²) in [5, 5.41) is 10.1. The van der Waals surface area contributed by atoms with Crippen LogP contribution in [0.15, 0.2) is 16.8 Å². The lowest BCUT2D eigenvalue weighted by Crippen LogP contribution is -2.14. The molecule has 2 aromatic heterocycles. The van der Waals surface area contributed by atoms with Crippen molar-refractivity contribution in [1.82, 2.24) is 14.9 Å². The van der Waals surface area contributed by atoms with E-state index >= 15 is 0 Å². The number of nitrogen functional groups attached to an aromatic ring is 1. The standard InChI is InChI=1S/C9H11N5O2/c1-5-3-7(16-13-5)9(15)12-8-6(10)4-11-14(8)2/h3-4H,10H2,1-2H3,(H,12,15). The maximum atomic E-state index is 11.7. The monoisotopic (exact) mass is 221 g/mol. The molecule has 0 aliphatic heterocycles. The average molecular weight is 221 g/mol. The number of amides is 1. The molecule has 0 saturated heterocycles. The third-order valence-electron chi connectivity index (χ3n) is 2.05. The summed E-state index contributed by atoms with van der Waals surface area (Å²) in [6.45, 7) is 1.73. The van der Waals surface area contributed by atoms with Crippen LogP contribution < -0.4 is 11.1 Å². The number of nitrogens with zero attached hydrogens (tertiary/aromatic N) is 3. The Kier molecular flexibility index (Phi) is 2.35. The lowest BCUT2D eigenvalue weighted by atomic mass is 10.3. The Hall–Kier alpha value is -2.31. The van der Waals surface area contributed by atoms with Gasteiger partial charge in [-0.2, -0.15) is 5.10 Å². The predicted molar refractivity (Wildman–Crippen MR) is 56.8 cm³/mol. The number of rotatable bonds is 2. The van der Waals surface area contributed by atoms with E-state index in [9.17, 15) is 4.79 Å². The lowest BCUT2D eigenvalue weighted by Gasteiger charge is -2.03. The van der Waals surface area contributed by atoms with Gasteiger partial charge in [0.1, 0.15) is 0 Å². The Morgan fingerprint density at radius 2 is 2.38 bits per heavy atom. The molecule has 0 bridgehead atoms. The molecule has 0 unspecified atom stereocenters. The Balaban J connectivity index is 2.20.